The van der Waals surface area contributed by atoms with Gasteiger partial charge in [-0.2, -0.15) is 0 Å². The van der Waals surface area contributed by atoms with Crippen LogP contribution in [-0.2, 0) is 11.2 Å². The maximum absolute atomic E-state index is 12.0. The van der Waals surface area contributed by atoms with E-state index in [4.69, 9.17) is 5.73 Å². The molecule has 3 nitrogen and oxygen atoms in total. The van der Waals surface area contributed by atoms with E-state index in [0.29, 0.717) is 6.42 Å². The predicted octanol–water partition coefficient (Wildman–Crippen LogP) is 3.39. The summed E-state index contributed by atoms with van der Waals surface area (Å²) < 4.78 is 0. The van der Waals surface area contributed by atoms with E-state index in [1.54, 1.807) is 0 Å². The summed E-state index contributed by atoms with van der Waals surface area (Å²) in [5, 5.41) is 2.53. The lowest BCUT2D eigenvalue weighted by molar-refractivity contribution is -0.130. The van der Waals surface area contributed by atoms with Crippen LogP contribution in [0.25, 0.3) is 10.8 Å². The summed E-state index contributed by atoms with van der Waals surface area (Å²) in [6.07, 6.45) is 2.16. The largest absolute Gasteiger partial charge is 0.345 e. The Morgan fingerprint density at radius 1 is 1.18 bits per heavy atom. The van der Waals surface area contributed by atoms with Crippen LogP contribution in [0.15, 0.2) is 42.5 Å². The summed E-state index contributed by atoms with van der Waals surface area (Å²) in [7, 11) is 1.87. The van der Waals surface area contributed by atoms with Gasteiger partial charge in [0.2, 0.25) is 5.91 Å². The third kappa shape index (κ3) is 5.00. The molecule has 1 amide bonds. The molecule has 1 atom stereocenters. The van der Waals surface area contributed by atoms with Crippen LogP contribution in [0.2, 0.25) is 0 Å². The van der Waals surface area contributed by atoms with Gasteiger partial charge in [-0.05, 0) is 36.1 Å². The number of fused-ring (bicyclic) bond motifs is 1. The monoisotopic (exact) mass is 320 g/mol. The molecule has 2 aromatic rings. The van der Waals surface area contributed by atoms with Crippen molar-refractivity contribution in [3.05, 3.63) is 48.0 Å². The molecule has 22 heavy (non-hydrogen) atoms. The topological polar surface area (TPSA) is 46.3 Å². The molecular weight excluding hydrogens is 296 g/mol. The van der Waals surface area contributed by atoms with Crippen LogP contribution in [0.4, 0.5) is 0 Å². The number of carbonyl (C=O) groups excluding carboxylic acids is 1. The molecule has 2 rings (SSSR count). The molecule has 0 heterocycles. The Morgan fingerprint density at radius 2 is 1.86 bits per heavy atom. The van der Waals surface area contributed by atoms with Crippen LogP contribution < -0.4 is 5.73 Å². The fourth-order valence-corrected chi connectivity index (χ4v) is 2.47. The Kier molecular flexibility index (Phi) is 7.36. The van der Waals surface area contributed by atoms with Crippen molar-refractivity contribution in [1.82, 2.24) is 4.90 Å². The molecule has 0 radical (unpaired) electrons. The zero-order valence-corrected chi connectivity index (χ0v) is 14.1. The summed E-state index contributed by atoms with van der Waals surface area (Å²) in [6, 6.07) is 14.8. The number of benzene rings is 2. The quantitative estimate of drug-likeness (QED) is 0.886. The predicted molar refractivity (Wildman–Crippen MR) is 95.4 cm³/mol. The Hall–Kier alpha value is -1.58. The van der Waals surface area contributed by atoms with E-state index >= 15 is 0 Å². The van der Waals surface area contributed by atoms with Gasteiger partial charge in [-0.25, -0.2) is 0 Å². The minimum absolute atomic E-state index is 0. The van der Waals surface area contributed by atoms with E-state index in [-0.39, 0.29) is 24.4 Å². The normalized spacial score (nSPS) is 11.8. The summed E-state index contributed by atoms with van der Waals surface area (Å²) in [5.74, 6) is 0.174. The van der Waals surface area contributed by atoms with Gasteiger partial charge in [-0.15, -0.1) is 12.4 Å². The molecule has 0 saturated heterocycles. The zero-order valence-electron chi connectivity index (χ0n) is 13.3. The van der Waals surface area contributed by atoms with Gasteiger partial charge in [0, 0.05) is 26.1 Å². The second-order valence-corrected chi connectivity index (χ2v) is 5.72. The Balaban J connectivity index is 0.00000242. The molecule has 4 heteroatoms. The van der Waals surface area contributed by atoms with E-state index in [1.165, 1.54) is 16.3 Å². The van der Waals surface area contributed by atoms with Crippen LogP contribution in [0.5, 0.6) is 0 Å². The molecule has 0 aromatic heterocycles. The van der Waals surface area contributed by atoms with Gasteiger partial charge in [0.25, 0.3) is 0 Å². The maximum Gasteiger partial charge on any atom is 0.222 e. The lowest BCUT2D eigenvalue weighted by Crippen LogP contribution is -2.30. The van der Waals surface area contributed by atoms with Crippen molar-refractivity contribution in [2.75, 3.05) is 13.6 Å². The molecule has 2 N–H and O–H groups in total. The first-order valence-electron chi connectivity index (χ1n) is 7.54. The number of likely N-dealkylation sites (N-methyl/N-ethyl adjacent to an activating group) is 1. The standard InChI is InChI=1S/C18H24N2O.ClH/c1-14(19)10-11-18(21)20(2)13-12-16-8-5-7-15-6-3-4-9-17(15)16;/h3-9,14H,10-13,19H2,1-2H3;1H. The first-order valence-corrected chi connectivity index (χ1v) is 7.54. The number of nitrogens with two attached hydrogens (primary N) is 1. The smallest absolute Gasteiger partial charge is 0.222 e. The zero-order chi connectivity index (χ0) is 15.2. The average Bonchev–Trinajstić information content (AvgIpc) is 2.50. The fraction of sp³-hybridized carbons (Fsp3) is 0.389. The molecule has 120 valence electrons. The van der Waals surface area contributed by atoms with Crippen LogP contribution >= 0.6 is 12.4 Å². The number of halogens is 1. The van der Waals surface area contributed by atoms with Crippen molar-refractivity contribution in [3.63, 3.8) is 0 Å². The second kappa shape index (κ2) is 8.76. The van der Waals surface area contributed by atoms with E-state index in [2.05, 4.69) is 42.5 Å². The minimum Gasteiger partial charge on any atom is -0.345 e. The summed E-state index contributed by atoms with van der Waals surface area (Å²) >= 11 is 0. The first kappa shape index (κ1) is 18.5. The van der Waals surface area contributed by atoms with Gasteiger partial charge < -0.3 is 10.6 Å². The first-order chi connectivity index (χ1) is 10.1. The van der Waals surface area contributed by atoms with Gasteiger partial charge in [0.05, 0.1) is 0 Å². The average molecular weight is 321 g/mol. The summed E-state index contributed by atoms with van der Waals surface area (Å²) in [6.45, 7) is 2.68. The van der Waals surface area contributed by atoms with Crippen molar-refractivity contribution in [3.8, 4) is 0 Å². The van der Waals surface area contributed by atoms with Gasteiger partial charge in [-0.3, -0.25) is 4.79 Å². The third-order valence-corrected chi connectivity index (χ3v) is 3.84. The highest BCUT2D eigenvalue weighted by Gasteiger charge is 2.10. The van der Waals surface area contributed by atoms with E-state index in [0.717, 1.165) is 19.4 Å². The van der Waals surface area contributed by atoms with E-state index in [1.807, 2.05) is 18.9 Å². The minimum atomic E-state index is 0. The molecule has 0 spiro atoms. The lowest BCUT2D eigenvalue weighted by atomic mass is 10.0. The third-order valence-electron chi connectivity index (χ3n) is 3.84. The van der Waals surface area contributed by atoms with Crippen molar-refractivity contribution in [2.24, 2.45) is 5.73 Å². The van der Waals surface area contributed by atoms with Gasteiger partial charge >= 0.3 is 0 Å². The van der Waals surface area contributed by atoms with E-state index in [9.17, 15) is 4.79 Å². The number of nitrogens with zero attached hydrogens (tertiary/aromatic N) is 1. The van der Waals surface area contributed by atoms with Crippen molar-refractivity contribution >= 4 is 29.1 Å². The number of hydrogen-bond acceptors (Lipinski definition) is 2. The number of hydrogen-bond donors (Lipinski definition) is 1. The summed E-state index contributed by atoms with van der Waals surface area (Å²) in [5.41, 5.74) is 6.99. The molecular formula is C18H25ClN2O. The van der Waals surface area contributed by atoms with Gasteiger partial charge in [0.15, 0.2) is 0 Å². The van der Waals surface area contributed by atoms with Crippen LogP contribution in [-0.4, -0.2) is 30.4 Å². The number of rotatable bonds is 6. The van der Waals surface area contributed by atoms with Crippen LogP contribution in [0, 0.1) is 0 Å². The number of carbonyl (C=O) groups is 1. The molecule has 0 aliphatic rings. The molecule has 0 saturated carbocycles. The van der Waals surface area contributed by atoms with Crippen LogP contribution in [0.1, 0.15) is 25.3 Å². The molecule has 0 aliphatic carbocycles. The Morgan fingerprint density at radius 3 is 2.59 bits per heavy atom. The van der Waals surface area contributed by atoms with Gasteiger partial charge in [-0.1, -0.05) is 42.5 Å². The molecule has 0 aliphatic heterocycles. The molecule has 0 bridgehead atoms. The SMILES string of the molecule is CC(N)CCC(=O)N(C)CCc1cccc2ccccc12.Cl. The van der Waals surface area contributed by atoms with E-state index < -0.39 is 0 Å². The fourth-order valence-electron chi connectivity index (χ4n) is 2.47. The highest BCUT2D eigenvalue weighted by molar-refractivity contribution is 5.86. The second-order valence-electron chi connectivity index (χ2n) is 5.72. The lowest BCUT2D eigenvalue weighted by Gasteiger charge is -2.18. The Bertz CT molecular complexity index is 608. The molecule has 0 fully saturated rings. The van der Waals surface area contributed by atoms with Crippen molar-refractivity contribution in [2.45, 2.75) is 32.2 Å². The highest BCUT2D eigenvalue weighted by atomic mass is 35.5. The molecule has 2 aromatic carbocycles. The summed E-state index contributed by atoms with van der Waals surface area (Å²) in [4.78, 5) is 13.8. The van der Waals surface area contributed by atoms with Crippen molar-refractivity contribution in [1.29, 1.82) is 0 Å². The highest BCUT2D eigenvalue weighted by Crippen LogP contribution is 2.19. The Labute approximate surface area is 138 Å². The molecule has 1 unspecified atom stereocenters. The number of amides is 1. The maximum atomic E-state index is 12.0. The van der Waals surface area contributed by atoms with Crippen molar-refractivity contribution < 1.29 is 4.79 Å². The van der Waals surface area contributed by atoms with Crippen LogP contribution in [0.3, 0.4) is 0 Å². The van der Waals surface area contributed by atoms with Gasteiger partial charge in [0.1, 0.15) is 0 Å².